The normalized spacial score (nSPS) is 20.1. The van der Waals surface area contributed by atoms with Crippen LogP contribution in [0.1, 0.15) is 63.5 Å². The highest BCUT2D eigenvalue weighted by atomic mass is 32.2. The summed E-state index contributed by atoms with van der Waals surface area (Å²) in [7, 11) is -3.06. The molecule has 1 N–H and O–H groups in total. The fourth-order valence-corrected chi connectivity index (χ4v) is 4.60. The molecular weight excluding hydrogens is 282 g/mol. The van der Waals surface area contributed by atoms with Gasteiger partial charge in [0.2, 0.25) is 0 Å². The number of hydrogen-bond donors (Lipinski definition) is 1. The molecule has 0 spiro atoms. The Morgan fingerprint density at radius 3 is 2.62 bits per heavy atom. The van der Waals surface area contributed by atoms with Crippen LogP contribution in [-0.4, -0.2) is 20.7 Å². The predicted octanol–water partition coefficient (Wildman–Crippen LogP) is 3.86. The van der Waals surface area contributed by atoms with E-state index in [-0.39, 0.29) is 11.8 Å². The summed E-state index contributed by atoms with van der Waals surface area (Å²) in [4.78, 5) is 0.525. The van der Waals surface area contributed by atoms with Crippen molar-refractivity contribution in [2.24, 2.45) is 0 Å². The van der Waals surface area contributed by atoms with E-state index in [4.69, 9.17) is 0 Å². The Morgan fingerprint density at radius 2 is 1.81 bits per heavy atom. The number of rotatable bonds is 8. The monoisotopic (exact) mass is 309 g/mol. The molecule has 4 heteroatoms. The maximum atomic E-state index is 12.1. The molecule has 1 unspecified atom stereocenters. The van der Waals surface area contributed by atoms with Crippen molar-refractivity contribution in [2.45, 2.75) is 62.8 Å². The van der Waals surface area contributed by atoms with Gasteiger partial charge in [0, 0.05) is 6.04 Å². The van der Waals surface area contributed by atoms with Crippen molar-refractivity contribution in [3.8, 4) is 0 Å². The number of fused-ring (bicyclic) bond motifs is 1. The van der Waals surface area contributed by atoms with E-state index in [0.717, 1.165) is 12.1 Å². The first kappa shape index (κ1) is 16.5. The van der Waals surface area contributed by atoms with Crippen LogP contribution in [0.4, 0.5) is 0 Å². The third kappa shape index (κ3) is 4.55. The standard InChI is InChI=1S/C17H27NO2S/c1-2-3-4-5-6-9-13-18-16-12-14-21(19,20)17-11-8-7-10-15(16)17/h7-8,10-11,16,18H,2-6,9,12-14H2,1H3. The number of benzene rings is 1. The molecule has 118 valence electrons. The van der Waals surface area contributed by atoms with Gasteiger partial charge in [-0.05, 0) is 31.0 Å². The smallest absolute Gasteiger partial charge is 0.178 e. The van der Waals surface area contributed by atoms with E-state index in [1.807, 2.05) is 18.2 Å². The first-order valence-corrected chi connectivity index (χ1v) is 9.85. The molecule has 2 rings (SSSR count). The van der Waals surface area contributed by atoms with Gasteiger partial charge in [-0.15, -0.1) is 0 Å². The topological polar surface area (TPSA) is 46.2 Å². The van der Waals surface area contributed by atoms with E-state index in [9.17, 15) is 8.42 Å². The molecule has 3 nitrogen and oxygen atoms in total. The third-order valence-electron chi connectivity index (χ3n) is 4.23. The van der Waals surface area contributed by atoms with Crippen molar-refractivity contribution in [3.63, 3.8) is 0 Å². The van der Waals surface area contributed by atoms with Crippen LogP contribution in [0.15, 0.2) is 29.2 Å². The first-order chi connectivity index (χ1) is 10.1. The van der Waals surface area contributed by atoms with E-state index in [0.29, 0.717) is 11.3 Å². The van der Waals surface area contributed by atoms with Gasteiger partial charge in [-0.25, -0.2) is 8.42 Å². The molecule has 1 heterocycles. The van der Waals surface area contributed by atoms with Crippen LogP contribution in [0.2, 0.25) is 0 Å². The van der Waals surface area contributed by atoms with Gasteiger partial charge in [0.15, 0.2) is 9.84 Å². The Balaban J connectivity index is 1.83. The highest BCUT2D eigenvalue weighted by Crippen LogP contribution is 2.31. The SMILES string of the molecule is CCCCCCCCNC1CCS(=O)(=O)c2ccccc21. The van der Waals surface area contributed by atoms with Crippen LogP contribution in [0, 0.1) is 0 Å². The quantitative estimate of drug-likeness (QED) is 0.742. The lowest BCUT2D eigenvalue weighted by molar-refractivity contribution is 0.475. The highest BCUT2D eigenvalue weighted by molar-refractivity contribution is 7.91. The lowest BCUT2D eigenvalue weighted by atomic mass is 10.0. The van der Waals surface area contributed by atoms with Crippen molar-refractivity contribution in [2.75, 3.05) is 12.3 Å². The van der Waals surface area contributed by atoms with Crippen molar-refractivity contribution in [1.29, 1.82) is 0 Å². The van der Waals surface area contributed by atoms with E-state index < -0.39 is 9.84 Å². The molecule has 1 aliphatic heterocycles. The molecular formula is C17H27NO2S. The van der Waals surface area contributed by atoms with Crippen LogP contribution in [0.5, 0.6) is 0 Å². The van der Waals surface area contributed by atoms with Crippen molar-refractivity contribution in [1.82, 2.24) is 5.32 Å². The zero-order valence-electron chi connectivity index (χ0n) is 13.0. The van der Waals surface area contributed by atoms with Crippen LogP contribution in [0.25, 0.3) is 0 Å². The van der Waals surface area contributed by atoms with Crippen molar-refractivity contribution < 1.29 is 8.42 Å². The number of hydrogen-bond acceptors (Lipinski definition) is 3. The van der Waals surface area contributed by atoms with Gasteiger partial charge in [0.1, 0.15) is 0 Å². The van der Waals surface area contributed by atoms with Gasteiger partial charge < -0.3 is 5.32 Å². The fraction of sp³-hybridized carbons (Fsp3) is 0.647. The minimum atomic E-state index is -3.06. The highest BCUT2D eigenvalue weighted by Gasteiger charge is 2.29. The summed E-state index contributed by atoms with van der Waals surface area (Å²) in [6.45, 7) is 3.21. The Bertz CT molecular complexity index is 539. The summed E-state index contributed by atoms with van der Waals surface area (Å²) in [5.41, 5.74) is 0.953. The minimum absolute atomic E-state index is 0.195. The Kier molecular flexibility index (Phi) is 6.24. The summed E-state index contributed by atoms with van der Waals surface area (Å²) < 4.78 is 24.1. The summed E-state index contributed by atoms with van der Waals surface area (Å²) in [5, 5.41) is 3.54. The van der Waals surface area contributed by atoms with Crippen LogP contribution in [-0.2, 0) is 9.84 Å². The number of sulfone groups is 1. The summed E-state index contributed by atoms with van der Waals surface area (Å²) in [5.74, 6) is 0.262. The second-order valence-corrected chi connectivity index (χ2v) is 8.00. The lowest BCUT2D eigenvalue weighted by Crippen LogP contribution is -2.30. The van der Waals surface area contributed by atoms with Gasteiger partial charge in [-0.1, -0.05) is 57.2 Å². The van der Waals surface area contributed by atoms with E-state index in [2.05, 4.69) is 12.2 Å². The second kappa shape index (κ2) is 7.95. The zero-order chi connectivity index (χ0) is 15.1. The first-order valence-electron chi connectivity index (χ1n) is 8.20. The predicted molar refractivity (Wildman–Crippen MR) is 87.2 cm³/mol. The van der Waals surface area contributed by atoms with Crippen LogP contribution < -0.4 is 5.32 Å². The summed E-state index contributed by atoms with van der Waals surface area (Å²) in [6.07, 6.45) is 8.39. The molecule has 21 heavy (non-hydrogen) atoms. The van der Waals surface area contributed by atoms with E-state index >= 15 is 0 Å². The Morgan fingerprint density at radius 1 is 1.10 bits per heavy atom. The molecule has 1 aromatic rings. The summed E-state index contributed by atoms with van der Waals surface area (Å²) >= 11 is 0. The van der Waals surface area contributed by atoms with Gasteiger partial charge in [-0.3, -0.25) is 0 Å². The Labute approximate surface area is 129 Å². The molecule has 0 saturated carbocycles. The number of nitrogens with one attached hydrogen (secondary N) is 1. The largest absolute Gasteiger partial charge is 0.310 e. The van der Waals surface area contributed by atoms with Gasteiger partial charge >= 0.3 is 0 Å². The Hall–Kier alpha value is -0.870. The average Bonchev–Trinajstić information content (AvgIpc) is 2.49. The van der Waals surface area contributed by atoms with E-state index in [1.54, 1.807) is 6.07 Å². The molecule has 0 radical (unpaired) electrons. The molecule has 1 aromatic carbocycles. The van der Waals surface area contributed by atoms with E-state index in [1.165, 1.54) is 38.5 Å². The summed E-state index contributed by atoms with van der Waals surface area (Å²) in [6, 6.07) is 7.63. The average molecular weight is 309 g/mol. The minimum Gasteiger partial charge on any atom is -0.310 e. The number of unbranched alkanes of at least 4 members (excludes halogenated alkanes) is 5. The molecule has 1 atom stereocenters. The molecule has 0 aliphatic carbocycles. The van der Waals surface area contributed by atoms with Crippen LogP contribution >= 0.6 is 0 Å². The second-order valence-electron chi connectivity index (χ2n) is 5.92. The molecule has 0 aromatic heterocycles. The third-order valence-corrected chi connectivity index (χ3v) is 6.04. The van der Waals surface area contributed by atoms with Gasteiger partial charge in [0.25, 0.3) is 0 Å². The fourth-order valence-electron chi connectivity index (χ4n) is 2.98. The molecule has 0 fully saturated rings. The molecule has 0 amide bonds. The van der Waals surface area contributed by atoms with Crippen molar-refractivity contribution >= 4 is 9.84 Å². The van der Waals surface area contributed by atoms with Gasteiger partial charge in [-0.2, -0.15) is 0 Å². The lowest BCUT2D eigenvalue weighted by Gasteiger charge is -2.26. The zero-order valence-corrected chi connectivity index (χ0v) is 13.8. The molecule has 0 bridgehead atoms. The maximum absolute atomic E-state index is 12.1. The maximum Gasteiger partial charge on any atom is 0.178 e. The van der Waals surface area contributed by atoms with Crippen LogP contribution in [0.3, 0.4) is 0 Å². The molecule has 0 saturated heterocycles. The van der Waals surface area contributed by atoms with Crippen molar-refractivity contribution in [3.05, 3.63) is 29.8 Å². The van der Waals surface area contributed by atoms with Gasteiger partial charge in [0.05, 0.1) is 10.6 Å². The molecule has 1 aliphatic rings.